The summed E-state index contributed by atoms with van der Waals surface area (Å²) in [4.78, 5) is 8.44. The molecule has 0 saturated carbocycles. The first kappa shape index (κ1) is 17.2. The monoisotopic (exact) mass is 298 g/mol. The van der Waals surface area contributed by atoms with Crippen LogP contribution in [0.5, 0.6) is 0 Å². The number of aryl methyl sites for hydroxylation is 1. The molecule has 20 heavy (non-hydrogen) atoms. The zero-order valence-electron chi connectivity index (χ0n) is 12.7. The molecule has 0 aliphatic carbocycles. The number of halogens is 1. The molecule has 0 aliphatic rings. The maximum atomic E-state index is 5.94. The van der Waals surface area contributed by atoms with Gasteiger partial charge in [0, 0.05) is 17.8 Å². The number of nitrogens with two attached hydrogens (primary N) is 1. The molecule has 1 unspecified atom stereocenters. The predicted molar refractivity (Wildman–Crippen MR) is 86.3 cm³/mol. The predicted octanol–water partition coefficient (Wildman–Crippen LogP) is 3.79. The van der Waals surface area contributed by atoms with Crippen molar-refractivity contribution < 1.29 is 0 Å². The van der Waals surface area contributed by atoms with E-state index in [4.69, 9.17) is 17.3 Å². The van der Waals surface area contributed by atoms with Gasteiger partial charge in [-0.2, -0.15) is 0 Å². The van der Waals surface area contributed by atoms with Crippen LogP contribution in [0.4, 0.5) is 5.82 Å². The standard InChI is InChI=1S/C15H27ClN4/c1-3-12(9-7-5-6-8-10-17)18-14-11-13(4-2)19-15(16)20-14/h11-12H,3-10,17H2,1-2H3,(H,18,19,20). The van der Waals surface area contributed by atoms with E-state index >= 15 is 0 Å². The van der Waals surface area contributed by atoms with Crippen LogP contribution in [0.3, 0.4) is 0 Å². The molecule has 3 N–H and O–H groups in total. The molecule has 1 aromatic heterocycles. The summed E-state index contributed by atoms with van der Waals surface area (Å²) in [6.45, 7) is 5.06. The highest BCUT2D eigenvalue weighted by Crippen LogP contribution is 2.16. The van der Waals surface area contributed by atoms with Crippen molar-refractivity contribution in [2.45, 2.75) is 64.8 Å². The van der Waals surface area contributed by atoms with Crippen molar-refractivity contribution in [3.05, 3.63) is 17.0 Å². The average molecular weight is 299 g/mol. The Bertz CT molecular complexity index is 384. The fraction of sp³-hybridized carbons (Fsp3) is 0.733. The summed E-state index contributed by atoms with van der Waals surface area (Å²) in [5.41, 5.74) is 6.48. The van der Waals surface area contributed by atoms with E-state index in [1.807, 2.05) is 6.07 Å². The van der Waals surface area contributed by atoms with Gasteiger partial charge in [0.05, 0.1) is 0 Å². The highest BCUT2D eigenvalue weighted by atomic mass is 35.5. The van der Waals surface area contributed by atoms with Crippen molar-refractivity contribution in [3.8, 4) is 0 Å². The molecule has 0 radical (unpaired) electrons. The summed E-state index contributed by atoms with van der Waals surface area (Å²) in [6, 6.07) is 2.44. The molecule has 0 aliphatic heterocycles. The molecule has 1 aromatic rings. The van der Waals surface area contributed by atoms with Crippen LogP contribution >= 0.6 is 11.6 Å². The summed E-state index contributed by atoms with van der Waals surface area (Å²) in [5, 5.41) is 3.80. The minimum absolute atomic E-state index is 0.324. The van der Waals surface area contributed by atoms with Gasteiger partial charge in [0.15, 0.2) is 0 Å². The van der Waals surface area contributed by atoms with Gasteiger partial charge in [-0.15, -0.1) is 0 Å². The van der Waals surface area contributed by atoms with E-state index in [0.717, 1.165) is 43.7 Å². The Labute approximate surface area is 127 Å². The zero-order chi connectivity index (χ0) is 14.8. The summed E-state index contributed by atoms with van der Waals surface area (Å²) in [7, 11) is 0. The number of unbranched alkanes of at least 4 members (excludes halogenated alkanes) is 3. The molecule has 1 atom stereocenters. The molecule has 0 amide bonds. The molecule has 0 saturated heterocycles. The third kappa shape index (κ3) is 6.53. The smallest absolute Gasteiger partial charge is 0.224 e. The zero-order valence-corrected chi connectivity index (χ0v) is 13.4. The van der Waals surface area contributed by atoms with E-state index in [1.54, 1.807) is 0 Å². The summed E-state index contributed by atoms with van der Waals surface area (Å²) in [6.07, 6.45) is 7.94. The number of rotatable bonds is 10. The Morgan fingerprint density at radius 2 is 1.95 bits per heavy atom. The summed E-state index contributed by atoms with van der Waals surface area (Å²) >= 11 is 5.94. The number of hydrogen-bond donors (Lipinski definition) is 2. The Balaban J connectivity index is 2.44. The van der Waals surface area contributed by atoms with Crippen molar-refractivity contribution in [2.75, 3.05) is 11.9 Å². The van der Waals surface area contributed by atoms with Gasteiger partial charge in [0.2, 0.25) is 5.28 Å². The number of aromatic nitrogens is 2. The van der Waals surface area contributed by atoms with E-state index in [-0.39, 0.29) is 0 Å². The first-order valence-corrected chi connectivity index (χ1v) is 8.07. The van der Waals surface area contributed by atoms with Crippen LogP contribution in [0.1, 0.15) is 58.1 Å². The molecule has 5 heteroatoms. The normalized spacial score (nSPS) is 12.4. The third-order valence-electron chi connectivity index (χ3n) is 3.47. The van der Waals surface area contributed by atoms with Crippen LogP contribution in [0.25, 0.3) is 0 Å². The van der Waals surface area contributed by atoms with Crippen molar-refractivity contribution in [3.63, 3.8) is 0 Å². The highest BCUT2D eigenvalue weighted by molar-refractivity contribution is 6.28. The van der Waals surface area contributed by atoms with Crippen molar-refractivity contribution in [1.82, 2.24) is 9.97 Å². The molecule has 114 valence electrons. The summed E-state index contributed by atoms with van der Waals surface area (Å²) < 4.78 is 0. The van der Waals surface area contributed by atoms with E-state index in [2.05, 4.69) is 29.1 Å². The topological polar surface area (TPSA) is 63.8 Å². The minimum atomic E-state index is 0.324. The van der Waals surface area contributed by atoms with Gasteiger partial charge in [0.25, 0.3) is 0 Å². The van der Waals surface area contributed by atoms with Gasteiger partial charge in [-0.25, -0.2) is 9.97 Å². The largest absolute Gasteiger partial charge is 0.367 e. The molecule has 0 spiro atoms. The first-order chi connectivity index (χ1) is 9.69. The minimum Gasteiger partial charge on any atom is -0.367 e. The molecule has 1 rings (SSSR count). The molecule has 4 nitrogen and oxygen atoms in total. The molecule has 0 aromatic carbocycles. The van der Waals surface area contributed by atoms with Gasteiger partial charge in [-0.1, -0.05) is 33.1 Å². The fourth-order valence-corrected chi connectivity index (χ4v) is 2.40. The average Bonchev–Trinajstić information content (AvgIpc) is 2.45. The number of nitrogens with one attached hydrogen (secondary N) is 1. The Kier molecular flexibility index (Phi) is 8.54. The van der Waals surface area contributed by atoms with Crippen LogP contribution in [-0.4, -0.2) is 22.6 Å². The van der Waals surface area contributed by atoms with Crippen LogP contribution in [-0.2, 0) is 6.42 Å². The highest BCUT2D eigenvalue weighted by Gasteiger charge is 2.08. The van der Waals surface area contributed by atoms with Gasteiger partial charge in [-0.05, 0) is 43.8 Å². The molecular formula is C15H27ClN4. The lowest BCUT2D eigenvalue weighted by Crippen LogP contribution is -2.19. The van der Waals surface area contributed by atoms with Crippen LogP contribution < -0.4 is 11.1 Å². The van der Waals surface area contributed by atoms with Crippen molar-refractivity contribution >= 4 is 17.4 Å². The van der Waals surface area contributed by atoms with Gasteiger partial charge >= 0.3 is 0 Å². The second-order valence-corrected chi connectivity index (χ2v) is 5.45. The third-order valence-corrected chi connectivity index (χ3v) is 3.63. The van der Waals surface area contributed by atoms with E-state index in [0.29, 0.717) is 11.3 Å². The maximum Gasteiger partial charge on any atom is 0.224 e. The molecule has 0 bridgehead atoms. The second-order valence-electron chi connectivity index (χ2n) is 5.11. The fourth-order valence-electron chi connectivity index (χ4n) is 2.20. The van der Waals surface area contributed by atoms with Crippen LogP contribution in [0.15, 0.2) is 6.07 Å². The van der Waals surface area contributed by atoms with Gasteiger partial charge in [0.1, 0.15) is 5.82 Å². The maximum absolute atomic E-state index is 5.94. The lowest BCUT2D eigenvalue weighted by Gasteiger charge is -2.18. The second kappa shape index (κ2) is 9.94. The van der Waals surface area contributed by atoms with Crippen molar-refractivity contribution in [1.29, 1.82) is 0 Å². The van der Waals surface area contributed by atoms with Crippen molar-refractivity contribution in [2.24, 2.45) is 5.73 Å². The number of hydrogen-bond acceptors (Lipinski definition) is 4. The summed E-state index contributed by atoms with van der Waals surface area (Å²) in [5.74, 6) is 0.843. The number of anilines is 1. The Hall–Kier alpha value is -0.870. The first-order valence-electron chi connectivity index (χ1n) is 7.69. The van der Waals surface area contributed by atoms with Gasteiger partial charge < -0.3 is 11.1 Å². The molecule has 1 heterocycles. The SMILES string of the molecule is CCc1cc(NC(CC)CCCCCCN)nc(Cl)n1. The van der Waals surface area contributed by atoms with Gasteiger partial charge in [-0.3, -0.25) is 0 Å². The quantitative estimate of drug-likeness (QED) is 0.509. The van der Waals surface area contributed by atoms with E-state index in [1.165, 1.54) is 19.3 Å². The van der Waals surface area contributed by atoms with Crippen LogP contribution in [0.2, 0.25) is 5.28 Å². The van der Waals surface area contributed by atoms with Crippen LogP contribution in [0, 0.1) is 0 Å². The lowest BCUT2D eigenvalue weighted by molar-refractivity contribution is 0.554. The lowest BCUT2D eigenvalue weighted by atomic mass is 10.1. The van der Waals surface area contributed by atoms with E-state index in [9.17, 15) is 0 Å². The molecule has 0 fully saturated rings. The van der Waals surface area contributed by atoms with E-state index < -0.39 is 0 Å². The molecular weight excluding hydrogens is 272 g/mol. The Morgan fingerprint density at radius 3 is 2.60 bits per heavy atom. The number of nitrogens with zero attached hydrogens (tertiary/aromatic N) is 2. The Morgan fingerprint density at radius 1 is 1.20 bits per heavy atom.